The van der Waals surface area contributed by atoms with Crippen molar-refractivity contribution in [2.75, 3.05) is 12.3 Å². The summed E-state index contributed by atoms with van der Waals surface area (Å²) in [6.07, 6.45) is 5.41. The molecule has 0 radical (unpaired) electrons. The summed E-state index contributed by atoms with van der Waals surface area (Å²) in [5, 5.41) is 9.25. The van der Waals surface area contributed by atoms with Crippen LogP contribution in [0, 0.1) is 5.41 Å². The number of aromatic nitrogens is 2. The van der Waals surface area contributed by atoms with Crippen LogP contribution in [0.15, 0.2) is 18.2 Å². The van der Waals surface area contributed by atoms with Gasteiger partial charge in [-0.25, -0.2) is 4.98 Å². The molecule has 1 aromatic heterocycles. The molecule has 0 spiro atoms. The van der Waals surface area contributed by atoms with Crippen LogP contribution >= 0.6 is 0 Å². The van der Waals surface area contributed by atoms with Gasteiger partial charge in [-0.1, -0.05) is 6.92 Å². The van der Waals surface area contributed by atoms with Gasteiger partial charge in [-0.15, -0.1) is 0 Å². The standard InChI is InChI=1S/C16H23N3O/c1-2-3-15-18-13-10-12(17)4-5-14(13)19(15)11-16(6-7-16)8-9-20/h4-5,10,20H,2-3,6-9,11,17H2,1H3. The zero-order valence-electron chi connectivity index (χ0n) is 12.1. The average Bonchev–Trinajstić information content (AvgIpc) is 3.09. The number of nitrogens with two attached hydrogens (primary N) is 1. The molecule has 4 nitrogen and oxygen atoms in total. The smallest absolute Gasteiger partial charge is 0.109 e. The highest BCUT2D eigenvalue weighted by Gasteiger charge is 2.42. The molecule has 0 unspecified atom stereocenters. The van der Waals surface area contributed by atoms with Crippen LogP contribution in [0.4, 0.5) is 5.69 Å². The van der Waals surface area contributed by atoms with Crippen molar-refractivity contribution in [3.63, 3.8) is 0 Å². The molecule has 20 heavy (non-hydrogen) atoms. The Kier molecular flexibility index (Phi) is 3.42. The molecule has 3 N–H and O–H groups in total. The second-order valence-electron chi connectivity index (χ2n) is 6.09. The predicted octanol–water partition coefficient (Wildman–Crippen LogP) is 2.73. The number of rotatable bonds is 6. The topological polar surface area (TPSA) is 64.1 Å². The minimum absolute atomic E-state index is 0.280. The van der Waals surface area contributed by atoms with Crippen molar-refractivity contribution in [1.29, 1.82) is 0 Å². The average molecular weight is 273 g/mol. The fraction of sp³-hybridized carbons (Fsp3) is 0.562. The van der Waals surface area contributed by atoms with Crippen LogP contribution in [-0.4, -0.2) is 21.3 Å². The zero-order valence-corrected chi connectivity index (χ0v) is 12.1. The first-order valence-corrected chi connectivity index (χ1v) is 7.53. The molecule has 1 heterocycles. The van der Waals surface area contributed by atoms with Gasteiger partial charge in [-0.05, 0) is 49.3 Å². The maximum atomic E-state index is 9.25. The van der Waals surface area contributed by atoms with Crippen LogP contribution in [0.3, 0.4) is 0 Å². The van der Waals surface area contributed by atoms with Crippen molar-refractivity contribution in [1.82, 2.24) is 9.55 Å². The third kappa shape index (κ3) is 2.40. The van der Waals surface area contributed by atoms with Gasteiger partial charge in [0, 0.05) is 25.3 Å². The number of fused-ring (bicyclic) bond motifs is 1. The molecule has 0 amide bonds. The Morgan fingerprint density at radius 1 is 1.40 bits per heavy atom. The number of aryl methyl sites for hydroxylation is 1. The van der Waals surface area contributed by atoms with Crippen LogP contribution in [-0.2, 0) is 13.0 Å². The first kappa shape index (κ1) is 13.4. The van der Waals surface area contributed by atoms with E-state index in [4.69, 9.17) is 10.7 Å². The molecule has 2 aromatic rings. The largest absolute Gasteiger partial charge is 0.399 e. The molecule has 1 aromatic carbocycles. The number of anilines is 1. The maximum absolute atomic E-state index is 9.25. The molecular weight excluding hydrogens is 250 g/mol. The number of nitrogen functional groups attached to an aromatic ring is 1. The van der Waals surface area contributed by atoms with E-state index in [2.05, 4.69) is 17.6 Å². The van der Waals surface area contributed by atoms with Crippen molar-refractivity contribution in [3.05, 3.63) is 24.0 Å². The van der Waals surface area contributed by atoms with Gasteiger partial charge in [-0.2, -0.15) is 0 Å². The summed E-state index contributed by atoms with van der Waals surface area (Å²) < 4.78 is 2.35. The minimum Gasteiger partial charge on any atom is -0.399 e. The van der Waals surface area contributed by atoms with Gasteiger partial charge in [0.05, 0.1) is 11.0 Å². The van der Waals surface area contributed by atoms with Crippen LogP contribution in [0.25, 0.3) is 11.0 Å². The summed E-state index contributed by atoms with van der Waals surface area (Å²) >= 11 is 0. The fourth-order valence-electron chi connectivity index (χ4n) is 3.02. The monoisotopic (exact) mass is 273 g/mol. The molecular formula is C16H23N3O. The van der Waals surface area contributed by atoms with E-state index in [0.717, 1.165) is 42.8 Å². The van der Waals surface area contributed by atoms with Crippen LogP contribution in [0.2, 0.25) is 0 Å². The Labute approximate surface area is 119 Å². The fourth-order valence-corrected chi connectivity index (χ4v) is 3.02. The molecule has 0 bridgehead atoms. The van der Waals surface area contributed by atoms with E-state index in [9.17, 15) is 5.11 Å². The molecule has 108 valence electrons. The van der Waals surface area contributed by atoms with Crippen molar-refractivity contribution in [3.8, 4) is 0 Å². The van der Waals surface area contributed by atoms with Crippen LogP contribution in [0.5, 0.6) is 0 Å². The van der Waals surface area contributed by atoms with E-state index >= 15 is 0 Å². The quantitative estimate of drug-likeness (QED) is 0.795. The molecule has 1 aliphatic rings. The number of benzene rings is 1. The number of hydrogen-bond donors (Lipinski definition) is 2. The molecule has 1 aliphatic carbocycles. The lowest BCUT2D eigenvalue weighted by Gasteiger charge is -2.17. The number of hydrogen-bond acceptors (Lipinski definition) is 3. The van der Waals surface area contributed by atoms with Gasteiger partial charge in [0.15, 0.2) is 0 Å². The molecule has 3 rings (SSSR count). The Hall–Kier alpha value is -1.55. The predicted molar refractivity (Wildman–Crippen MR) is 81.5 cm³/mol. The summed E-state index contributed by atoms with van der Waals surface area (Å²) in [5.74, 6) is 1.15. The summed E-state index contributed by atoms with van der Waals surface area (Å²) in [4.78, 5) is 4.76. The van der Waals surface area contributed by atoms with E-state index in [0.29, 0.717) is 5.41 Å². The molecule has 0 atom stereocenters. The first-order chi connectivity index (χ1) is 9.67. The third-order valence-electron chi connectivity index (χ3n) is 4.42. The van der Waals surface area contributed by atoms with Gasteiger partial charge in [-0.3, -0.25) is 0 Å². The van der Waals surface area contributed by atoms with E-state index in [1.807, 2.05) is 12.1 Å². The SMILES string of the molecule is CCCc1nc2cc(N)ccc2n1CC1(CCO)CC1. The number of nitrogens with zero attached hydrogens (tertiary/aromatic N) is 2. The number of imidazole rings is 1. The van der Waals surface area contributed by atoms with Crippen LogP contribution in [0.1, 0.15) is 38.4 Å². The summed E-state index contributed by atoms with van der Waals surface area (Å²) in [6, 6.07) is 5.98. The van der Waals surface area contributed by atoms with Gasteiger partial charge in [0.1, 0.15) is 5.82 Å². The lowest BCUT2D eigenvalue weighted by Crippen LogP contribution is -2.15. The van der Waals surface area contributed by atoms with Gasteiger partial charge >= 0.3 is 0 Å². The second kappa shape index (κ2) is 5.09. The second-order valence-corrected chi connectivity index (χ2v) is 6.09. The maximum Gasteiger partial charge on any atom is 0.109 e. The Bertz CT molecular complexity index is 613. The molecule has 1 fully saturated rings. The van der Waals surface area contributed by atoms with E-state index in [1.54, 1.807) is 0 Å². The Morgan fingerprint density at radius 3 is 2.85 bits per heavy atom. The first-order valence-electron chi connectivity index (χ1n) is 7.53. The third-order valence-corrected chi connectivity index (χ3v) is 4.42. The summed E-state index contributed by atoms with van der Waals surface area (Å²) in [5.41, 5.74) is 9.09. The van der Waals surface area contributed by atoms with Crippen molar-refractivity contribution < 1.29 is 5.11 Å². The van der Waals surface area contributed by atoms with E-state index < -0.39 is 0 Å². The van der Waals surface area contributed by atoms with Crippen molar-refractivity contribution in [2.45, 2.75) is 45.6 Å². The highest BCUT2D eigenvalue weighted by Crippen LogP contribution is 2.50. The lowest BCUT2D eigenvalue weighted by molar-refractivity contribution is 0.236. The van der Waals surface area contributed by atoms with Gasteiger partial charge in [0.2, 0.25) is 0 Å². The molecule has 4 heteroatoms. The molecule has 0 saturated heterocycles. The van der Waals surface area contributed by atoms with Gasteiger partial charge < -0.3 is 15.4 Å². The molecule has 1 saturated carbocycles. The summed E-state index contributed by atoms with van der Waals surface area (Å²) in [7, 11) is 0. The lowest BCUT2D eigenvalue weighted by atomic mass is 10.0. The number of aliphatic hydroxyl groups is 1. The van der Waals surface area contributed by atoms with Crippen molar-refractivity contribution >= 4 is 16.7 Å². The minimum atomic E-state index is 0.280. The Balaban J connectivity index is 2.00. The normalized spacial score (nSPS) is 16.7. The highest BCUT2D eigenvalue weighted by molar-refractivity contribution is 5.79. The van der Waals surface area contributed by atoms with Crippen molar-refractivity contribution in [2.24, 2.45) is 5.41 Å². The zero-order chi connectivity index (χ0) is 14.2. The van der Waals surface area contributed by atoms with Crippen LogP contribution < -0.4 is 5.73 Å². The van der Waals surface area contributed by atoms with Gasteiger partial charge in [0.25, 0.3) is 0 Å². The highest BCUT2D eigenvalue weighted by atomic mass is 16.3. The summed E-state index contributed by atoms with van der Waals surface area (Å²) in [6.45, 7) is 3.44. The van der Waals surface area contributed by atoms with E-state index in [1.165, 1.54) is 18.4 Å². The number of aliphatic hydroxyl groups excluding tert-OH is 1. The molecule has 0 aliphatic heterocycles. The Morgan fingerprint density at radius 2 is 2.20 bits per heavy atom. The van der Waals surface area contributed by atoms with E-state index in [-0.39, 0.29) is 6.61 Å².